The minimum absolute atomic E-state index is 0.0412. The van der Waals surface area contributed by atoms with Gasteiger partial charge in [0.25, 0.3) is 0 Å². The van der Waals surface area contributed by atoms with Gasteiger partial charge in [-0.25, -0.2) is 4.98 Å². The fraction of sp³-hybridized carbons (Fsp3) is 0.158. The Kier molecular flexibility index (Phi) is 6.08. The summed E-state index contributed by atoms with van der Waals surface area (Å²) in [4.78, 5) is 17.3. The molecule has 6 heteroatoms. The van der Waals surface area contributed by atoms with Gasteiger partial charge in [-0.05, 0) is 29.7 Å². The van der Waals surface area contributed by atoms with Crippen LogP contribution >= 0.6 is 34.5 Å². The summed E-state index contributed by atoms with van der Waals surface area (Å²) in [5.41, 5.74) is 2.02. The molecular formula is C19H16Cl2N2OS. The van der Waals surface area contributed by atoms with Crippen molar-refractivity contribution >= 4 is 45.6 Å². The van der Waals surface area contributed by atoms with Gasteiger partial charge in [0.1, 0.15) is 0 Å². The van der Waals surface area contributed by atoms with Crippen LogP contribution in [0.5, 0.6) is 0 Å². The van der Waals surface area contributed by atoms with Gasteiger partial charge in [0.15, 0.2) is 5.13 Å². The molecule has 0 aliphatic heterocycles. The largest absolute Gasteiger partial charge is 0.302 e. The predicted molar refractivity (Wildman–Crippen MR) is 105 cm³/mol. The number of nitrogens with zero attached hydrogens (tertiary/aromatic N) is 1. The molecule has 0 saturated carbocycles. The normalized spacial score (nSPS) is 10.6. The minimum Gasteiger partial charge on any atom is -0.302 e. The third-order valence-corrected chi connectivity index (χ3v) is 5.32. The molecule has 0 unspecified atom stereocenters. The van der Waals surface area contributed by atoms with E-state index in [4.69, 9.17) is 23.2 Å². The smallest absolute Gasteiger partial charge is 0.226 e. The number of amides is 1. The lowest BCUT2D eigenvalue weighted by Crippen LogP contribution is -2.11. The van der Waals surface area contributed by atoms with Crippen molar-refractivity contribution in [2.24, 2.45) is 0 Å². The number of carbonyl (C=O) groups is 1. The first-order valence-electron chi connectivity index (χ1n) is 7.83. The van der Waals surface area contributed by atoms with Crippen LogP contribution in [0.25, 0.3) is 0 Å². The van der Waals surface area contributed by atoms with Gasteiger partial charge >= 0.3 is 0 Å². The lowest BCUT2D eigenvalue weighted by Gasteiger charge is -2.04. The molecule has 3 nitrogen and oxygen atoms in total. The van der Waals surface area contributed by atoms with Gasteiger partial charge in [0.2, 0.25) is 5.91 Å². The van der Waals surface area contributed by atoms with Crippen LogP contribution < -0.4 is 5.32 Å². The Bertz CT molecular complexity index is 845. The summed E-state index contributed by atoms with van der Waals surface area (Å²) in [7, 11) is 0. The van der Waals surface area contributed by atoms with Crippen LogP contribution in [0.4, 0.5) is 5.13 Å². The quantitative estimate of drug-likeness (QED) is 0.593. The maximum Gasteiger partial charge on any atom is 0.226 e. The molecule has 0 aliphatic carbocycles. The van der Waals surface area contributed by atoms with E-state index in [-0.39, 0.29) is 5.91 Å². The van der Waals surface area contributed by atoms with Crippen LogP contribution in [0.2, 0.25) is 10.0 Å². The van der Waals surface area contributed by atoms with E-state index >= 15 is 0 Å². The van der Waals surface area contributed by atoms with Crippen molar-refractivity contribution in [3.05, 3.63) is 80.8 Å². The number of carbonyl (C=O) groups excluding carboxylic acids is 1. The maximum absolute atomic E-state index is 12.1. The van der Waals surface area contributed by atoms with Crippen molar-refractivity contribution < 1.29 is 4.79 Å². The number of nitrogens with one attached hydrogen (secondary N) is 1. The summed E-state index contributed by atoms with van der Waals surface area (Å²) in [5, 5.41) is 4.71. The molecule has 25 heavy (non-hydrogen) atoms. The molecule has 2 aromatic carbocycles. The van der Waals surface area contributed by atoms with Crippen LogP contribution in [0.3, 0.4) is 0 Å². The van der Waals surface area contributed by atoms with Crippen LogP contribution in [-0.2, 0) is 17.6 Å². The van der Waals surface area contributed by atoms with Gasteiger partial charge in [-0.1, -0.05) is 59.6 Å². The zero-order valence-electron chi connectivity index (χ0n) is 13.3. The van der Waals surface area contributed by atoms with Gasteiger partial charge in [0.05, 0.1) is 0 Å². The zero-order chi connectivity index (χ0) is 17.6. The number of anilines is 1. The van der Waals surface area contributed by atoms with Gasteiger partial charge in [0, 0.05) is 34.0 Å². The van der Waals surface area contributed by atoms with E-state index in [1.807, 2.05) is 48.5 Å². The monoisotopic (exact) mass is 390 g/mol. The highest BCUT2D eigenvalue weighted by atomic mass is 35.5. The topological polar surface area (TPSA) is 42.0 Å². The molecule has 0 fully saturated rings. The highest BCUT2D eigenvalue weighted by molar-refractivity contribution is 7.15. The number of rotatable bonds is 6. The van der Waals surface area contributed by atoms with E-state index in [9.17, 15) is 4.79 Å². The molecule has 128 valence electrons. The molecule has 1 heterocycles. The Balaban J connectivity index is 1.57. The zero-order valence-corrected chi connectivity index (χ0v) is 15.7. The summed E-state index contributed by atoms with van der Waals surface area (Å²) in [6.45, 7) is 0. The minimum atomic E-state index is -0.0412. The Morgan fingerprint density at radius 2 is 1.76 bits per heavy atom. The first-order chi connectivity index (χ1) is 12.1. The van der Waals surface area contributed by atoms with E-state index in [1.165, 1.54) is 11.3 Å². The summed E-state index contributed by atoms with van der Waals surface area (Å²) < 4.78 is 0. The van der Waals surface area contributed by atoms with Crippen LogP contribution in [0.1, 0.15) is 22.4 Å². The van der Waals surface area contributed by atoms with Crippen LogP contribution in [0.15, 0.2) is 54.7 Å². The molecule has 3 aromatic rings. The number of thiazole rings is 1. The van der Waals surface area contributed by atoms with Crippen molar-refractivity contribution in [1.82, 2.24) is 4.98 Å². The van der Waals surface area contributed by atoms with E-state index < -0.39 is 0 Å². The highest BCUT2D eigenvalue weighted by Gasteiger charge is 2.11. The van der Waals surface area contributed by atoms with E-state index in [0.29, 0.717) is 34.4 Å². The standard InChI is InChI=1S/C19H16Cl2N2OS/c20-16-7-4-8-17(21)15(16)11-14-12-22-19(25-14)23-18(24)10-9-13-5-2-1-3-6-13/h1-8,12H,9-11H2,(H,22,23,24). The van der Waals surface area contributed by atoms with Crippen molar-refractivity contribution in [2.45, 2.75) is 19.3 Å². The van der Waals surface area contributed by atoms with Gasteiger partial charge < -0.3 is 5.32 Å². The Hall–Kier alpha value is -1.88. The second-order valence-electron chi connectivity index (χ2n) is 5.54. The van der Waals surface area contributed by atoms with E-state index in [2.05, 4.69) is 10.3 Å². The predicted octanol–water partition coefficient (Wildman–Crippen LogP) is 5.61. The molecule has 0 atom stereocenters. The van der Waals surface area contributed by atoms with Crippen LogP contribution in [-0.4, -0.2) is 10.9 Å². The average Bonchev–Trinajstić information content (AvgIpc) is 3.04. The maximum atomic E-state index is 12.1. The number of halogens is 2. The van der Waals surface area contributed by atoms with Crippen molar-refractivity contribution in [3.8, 4) is 0 Å². The summed E-state index contributed by atoms with van der Waals surface area (Å²) >= 11 is 13.8. The fourth-order valence-electron chi connectivity index (χ4n) is 2.41. The lowest BCUT2D eigenvalue weighted by molar-refractivity contribution is -0.116. The number of aromatic nitrogens is 1. The number of benzene rings is 2. The Morgan fingerprint density at radius 3 is 2.48 bits per heavy atom. The second kappa shape index (κ2) is 8.48. The Morgan fingerprint density at radius 1 is 1.04 bits per heavy atom. The fourth-order valence-corrected chi connectivity index (χ4v) is 3.78. The molecule has 3 rings (SSSR count). The first-order valence-corrected chi connectivity index (χ1v) is 9.40. The highest BCUT2D eigenvalue weighted by Crippen LogP contribution is 2.29. The summed E-state index contributed by atoms with van der Waals surface area (Å²) in [6.07, 6.45) is 3.47. The second-order valence-corrected chi connectivity index (χ2v) is 7.47. The SMILES string of the molecule is O=C(CCc1ccccc1)Nc1ncc(Cc2c(Cl)cccc2Cl)s1. The first kappa shape index (κ1) is 17.9. The molecular weight excluding hydrogens is 375 g/mol. The number of hydrogen-bond donors (Lipinski definition) is 1. The average molecular weight is 391 g/mol. The molecule has 0 aliphatic rings. The Labute approximate surface area is 160 Å². The molecule has 0 saturated heterocycles. The summed E-state index contributed by atoms with van der Waals surface area (Å²) in [5.74, 6) is -0.0412. The molecule has 1 aromatic heterocycles. The lowest BCUT2D eigenvalue weighted by atomic mass is 10.1. The molecule has 1 N–H and O–H groups in total. The molecule has 0 radical (unpaired) electrons. The summed E-state index contributed by atoms with van der Waals surface area (Å²) in [6, 6.07) is 15.4. The third-order valence-electron chi connectivity index (χ3n) is 3.70. The van der Waals surface area contributed by atoms with E-state index in [0.717, 1.165) is 16.0 Å². The number of hydrogen-bond acceptors (Lipinski definition) is 3. The molecule has 1 amide bonds. The van der Waals surface area contributed by atoms with Crippen molar-refractivity contribution in [1.29, 1.82) is 0 Å². The van der Waals surface area contributed by atoms with Gasteiger partial charge in [-0.15, -0.1) is 11.3 Å². The van der Waals surface area contributed by atoms with Gasteiger partial charge in [-0.3, -0.25) is 4.79 Å². The molecule has 0 spiro atoms. The third kappa shape index (κ3) is 5.05. The number of aryl methyl sites for hydroxylation is 1. The van der Waals surface area contributed by atoms with Gasteiger partial charge in [-0.2, -0.15) is 0 Å². The van der Waals surface area contributed by atoms with Crippen molar-refractivity contribution in [2.75, 3.05) is 5.32 Å². The van der Waals surface area contributed by atoms with E-state index in [1.54, 1.807) is 6.20 Å². The van der Waals surface area contributed by atoms with Crippen LogP contribution in [0, 0.1) is 0 Å². The molecule has 0 bridgehead atoms. The van der Waals surface area contributed by atoms with Crippen molar-refractivity contribution in [3.63, 3.8) is 0 Å².